The lowest BCUT2D eigenvalue weighted by molar-refractivity contribution is -0.142. The second-order valence-corrected chi connectivity index (χ2v) is 2.14. The fourth-order valence-electron chi connectivity index (χ4n) is 0.470. The number of carbonyl (C=O) groups is 1. The minimum absolute atomic E-state index is 0.252. The first-order chi connectivity index (χ1) is 4.66. The van der Waals surface area contributed by atoms with Gasteiger partial charge in [-0.2, -0.15) is 0 Å². The standard InChI is InChI=1S/C7H13NO2/c1-6(2)5-7(9)10-4-3-8/h1,3-5,8H2,2H3. The van der Waals surface area contributed by atoms with Crippen molar-refractivity contribution in [1.82, 2.24) is 0 Å². The highest BCUT2D eigenvalue weighted by molar-refractivity contribution is 5.72. The molecule has 0 aromatic rings. The molecular formula is C7H13NO2. The molecule has 0 aliphatic carbocycles. The van der Waals surface area contributed by atoms with E-state index in [9.17, 15) is 4.79 Å². The molecule has 2 N–H and O–H groups in total. The minimum Gasteiger partial charge on any atom is -0.464 e. The summed E-state index contributed by atoms with van der Waals surface area (Å²) in [6, 6.07) is 0. The van der Waals surface area contributed by atoms with Gasteiger partial charge < -0.3 is 10.5 Å². The van der Waals surface area contributed by atoms with Gasteiger partial charge in [0.25, 0.3) is 0 Å². The molecule has 0 radical (unpaired) electrons. The van der Waals surface area contributed by atoms with Crippen molar-refractivity contribution in [2.45, 2.75) is 13.3 Å². The molecule has 3 heteroatoms. The van der Waals surface area contributed by atoms with Crippen molar-refractivity contribution < 1.29 is 9.53 Å². The molecule has 0 spiro atoms. The van der Waals surface area contributed by atoms with Gasteiger partial charge in [-0.3, -0.25) is 4.79 Å². The van der Waals surface area contributed by atoms with E-state index in [2.05, 4.69) is 11.3 Å². The van der Waals surface area contributed by atoms with Crippen molar-refractivity contribution in [1.29, 1.82) is 0 Å². The maximum atomic E-state index is 10.7. The van der Waals surface area contributed by atoms with Crippen molar-refractivity contribution >= 4 is 5.97 Å². The summed E-state index contributed by atoms with van der Waals surface area (Å²) in [5.74, 6) is -0.252. The lowest BCUT2D eigenvalue weighted by Crippen LogP contribution is -2.13. The lowest BCUT2D eigenvalue weighted by Gasteiger charge is -2.00. The summed E-state index contributed by atoms with van der Waals surface area (Å²) in [6.07, 6.45) is 0.292. The van der Waals surface area contributed by atoms with Crippen molar-refractivity contribution in [2.75, 3.05) is 13.2 Å². The Morgan fingerprint density at radius 1 is 1.70 bits per heavy atom. The van der Waals surface area contributed by atoms with Crippen molar-refractivity contribution in [3.63, 3.8) is 0 Å². The predicted molar refractivity (Wildman–Crippen MR) is 39.4 cm³/mol. The fourth-order valence-corrected chi connectivity index (χ4v) is 0.470. The van der Waals surface area contributed by atoms with Gasteiger partial charge in [-0.05, 0) is 6.92 Å². The summed E-state index contributed by atoms with van der Waals surface area (Å²) in [5.41, 5.74) is 5.92. The molecule has 10 heavy (non-hydrogen) atoms. The van der Waals surface area contributed by atoms with E-state index in [4.69, 9.17) is 5.73 Å². The number of hydrogen-bond acceptors (Lipinski definition) is 3. The molecule has 0 bridgehead atoms. The second-order valence-electron chi connectivity index (χ2n) is 2.14. The molecule has 0 fully saturated rings. The van der Waals surface area contributed by atoms with E-state index in [1.165, 1.54) is 0 Å². The Morgan fingerprint density at radius 3 is 2.70 bits per heavy atom. The van der Waals surface area contributed by atoms with E-state index in [0.29, 0.717) is 19.6 Å². The van der Waals surface area contributed by atoms with Gasteiger partial charge in [-0.1, -0.05) is 12.2 Å². The Bertz CT molecular complexity index is 132. The number of ether oxygens (including phenoxy) is 1. The van der Waals surface area contributed by atoms with Crippen LogP contribution >= 0.6 is 0 Å². The molecule has 58 valence electrons. The van der Waals surface area contributed by atoms with E-state index in [1.807, 2.05) is 0 Å². The maximum absolute atomic E-state index is 10.7. The molecule has 0 aromatic carbocycles. The highest BCUT2D eigenvalue weighted by atomic mass is 16.5. The van der Waals surface area contributed by atoms with Crippen LogP contribution < -0.4 is 5.73 Å². The third kappa shape index (κ3) is 5.31. The fraction of sp³-hybridized carbons (Fsp3) is 0.571. The molecule has 3 nitrogen and oxygen atoms in total. The van der Waals surface area contributed by atoms with Crippen LogP contribution in [0.2, 0.25) is 0 Å². The van der Waals surface area contributed by atoms with Crippen LogP contribution in [0.25, 0.3) is 0 Å². The normalized spacial score (nSPS) is 9.00. The van der Waals surface area contributed by atoms with Crippen LogP contribution in [-0.4, -0.2) is 19.1 Å². The average Bonchev–Trinajstić information content (AvgIpc) is 1.82. The van der Waals surface area contributed by atoms with E-state index >= 15 is 0 Å². The Kier molecular flexibility index (Phi) is 4.58. The van der Waals surface area contributed by atoms with Gasteiger partial charge in [0, 0.05) is 6.54 Å². The van der Waals surface area contributed by atoms with Crippen LogP contribution in [0.1, 0.15) is 13.3 Å². The van der Waals surface area contributed by atoms with E-state index < -0.39 is 0 Å². The van der Waals surface area contributed by atoms with E-state index in [1.54, 1.807) is 6.92 Å². The first kappa shape index (κ1) is 9.17. The zero-order valence-corrected chi connectivity index (χ0v) is 6.22. The van der Waals surface area contributed by atoms with Gasteiger partial charge in [-0.15, -0.1) is 0 Å². The summed E-state index contributed by atoms with van der Waals surface area (Å²) in [7, 11) is 0. The zero-order valence-electron chi connectivity index (χ0n) is 6.22. The number of rotatable bonds is 4. The molecule has 0 rings (SSSR count). The Labute approximate surface area is 60.9 Å². The van der Waals surface area contributed by atoms with Crippen LogP contribution in [0.3, 0.4) is 0 Å². The number of hydrogen-bond donors (Lipinski definition) is 1. The second kappa shape index (κ2) is 4.99. The van der Waals surface area contributed by atoms with Gasteiger partial charge in [0.2, 0.25) is 0 Å². The van der Waals surface area contributed by atoms with Crippen LogP contribution in [0, 0.1) is 0 Å². The molecule has 0 aromatic heterocycles. The quantitative estimate of drug-likeness (QED) is 0.459. The van der Waals surface area contributed by atoms with Gasteiger partial charge in [0.1, 0.15) is 6.61 Å². The highest BCUT2D eigenvalue weighted by Gasteiger charge is 2.00. The van der Waals surface area contributed by atoms with Gasteiger partial charge in [0.05, 0.1) is 6.42 Å². The molecule has 0 saturated heterocycles. The number of carbonyl (C=O) groups excluding carboxylic acids is 1. The lowest BCUT2D eigenvalue weighted by atomic mass is 10.2. The molecule has 0 amide bonds. The molecule has 0 aliphatic heterocycles. The molecule has 0 saturated carbocycles. The Morgan fingerprint density at radius 2 is 2.30 bits per heavy atom. The van der Waals surface area contributed by atoms with Gasteiger partial charge >= 0.3 is 5.97 Å². The SMILES string of the molecule is C=C(C)CC(=O)OCCN. The summed E-state index contributed by atoms with van der Waals surface area (Å²) >= 11 is 0. The van der Waals surface area contributed by atoms with E-state index in [0.717, 1.165) is 5.57 Å². The summed E-state index contributed by atoms with van der Waals surface area (Å²) in [5, 5.41) is 0. The molecule has 0 atom stereocenters. The highest BCUT2D eigenvalue weighted by Crippen LogP contribution is 1.96. The maximum Gasteiger partial charge on any atom is 0.309 e. The molecule has 0 aliphatic rings. The first-order valence-corrected chi connectivity index (χ1v) is 3.17. The Hall–Kier alpha value is -0.830. The summed E-state index contributed by atoms with van der Waals surface area (Å²) in [6.45, 7) is 6.03. The monoisotopic (exact) mass is 143 g/mol. The Balaban J connectivity index is 3.35. The number of nitrogens with two attached hydrogens (primary N) is 1. The number of esters is 1. The smallest absolute Gasteiger partial charge is 0.309 e. The van der Waals surface area contributed by atoms with Crippen LogP contribution in [0.4, 0.5) is 0 Å². The van der Waals surface area contributed by atoms with E-state index in [-0.39, 0.29) is 5.97 Å². The van der Waals surface area contributed by atoms with Crippen LogP contribution in [-0.2, 0) is 9.53 Å². The van der Waals surface area contributed by atoms with Crippen LogP contribution in [0.5, 0.6) is 0 Å². The predicted octanol–water partition coefficient (Wildman–Crippen LogP) is 0.455. The molecule has 0 heterocycles. The van der Waals surface area contributed by atoms with Gasteiger partial charge in [-0.25, -0.2) is 0 Å². The third-order valence-electron chi connectivity index (χ3n) is 0.827. The minimum atomic E-state index is -0.252. The summed E-state index contributed by atoms with van der Waals surface area (Å²) in [4.78, 5) is 10.7. The topological polar surface area (TPSA) is 52.3 Å². The summed E-state index contributed by atoms with van der Waals surface area (Å²) < 4.78 is 4.68. The molecule has 0 unspecified atom stereocenters. The largest absolute Gasteiger partial charge is 0.464 e. The van der Waals surface area contributed by atoms with Crippen LogP contribution in [0.15, 0.2) is 12.2 Å². The van der Waals surface area contributed by atoms with Crippen molar-refractivity contribution in [2.24, 2.45) is 5.73 Å². The average molecular weight is 143 g/mol. The van der Waals surface area contributed by atoms with Crippen molar-refractivity contribution in [3.8, 4) is 0 Å². The van der Waals surface area contributed by atoms with Crippen molar-refractivity contribution in [3.05, 3.63) is 12.2 Å². The molecular weight excluding hydrogens is 130 g/mol. The third-order valence-corrected chi connectivity index (χ3v) is 0.827. The zero-order chi connectivity index (χ0) is 7.98. The first-order valence-electron chi connectivity index (χ1n) is 3.17. The van der Waals surface area contributed by atoms with Gasteiger partial charge in [0.15, 0.2) is 0 Å².